The van der Waals surface area contributed by atoms with Crippen molar-refractivity contribution in [1.29, 1.82) is 0 Å². The lowest BCUT2D eigenvalue weighted by Crippen LogP contribution is -2.40. The fraction of sp³-hybridized carbons (Fsp3) is 0.450. The minimum absolute atomic E-state index is 0.135. The molecule has 134 valence electrons. The van der Waals surface area contributed by atoms with E-state index in [1.54, 1.807) is 11.3 Å². The molecule has 1 saturated heterocycles. The van der Waals surface area contributed by atoms with E-state index in [0.717, 1.165) is 47.7 Å². The van der Waals surface area contributed by atoms with E-state index in [0.29, 0.717) is 12.5 Å². The number of fused-ring (bicyclic) bond motifs is 1. The molecule has 0 spiro atoms. The Hall–Kier alpha value is -2.21. The van der Waals surface area contributed by atoms with Gasteiger partial charge in [-0.25, -0.2) is 9.97 Å². The number of para-hydroxylation sites is 2. The number of hydrogen-bond donors (Lipinski definition) is 0. The summed E-state index contributed by atoms with van der Waals surface area (Å²) in [6, 6.07) is 8.30. The number of benzene rings is 1. The second-order valence-corrected chi connectivity index (χ2v) is 8.21. The zero-order valence-corrected chi connectivity index (χ0v) is 15.5. The summed E-state index contributed by atoms with van der Waals surface area (Å²) in [5.41, 5.74) is 2.07. The van der Waals surface area contributed by atoms with Crippen LogP contribution in [0.2, 0.25) is 0 Å². The van der Waals surface area contributed by atoms with E-state index >= 15 is 0 Å². The molecule has 3 heterocycles. The van der Waals surface area contributed by atoms with Crippen LogP contribution in [0.25, 0.3) is 11.0 Å². The molecular weight excluding hydrogens is 344 g/mol. The number of likely N-dealkylation sites (tertiary alicyclic amines) is 1. The summed E-state index contributed by atoms with van der Waals surface area (Å²) >= 11 is 1.66. The highest BCUT2D eigenvalue weighted by molar-refractivity contribution is 7.09. The number of aromatic nitrogens is 3. The summed E-state index contributed by atoms with van der Waals surface area (Å²) in [6.45, 7) is 1.21. The first-order valence-electron chi connectivity index (χ1n) is 9.45. The zero-order chi connectivity index (χ0) is 17.5. The van der Waals surface area contributed by atoms with Gasteiger partial charge in [-0.15, -0.1) is 11.3 Å². The van der Waals surface area contributed by atoms with E-state index in [9.17, 15) is 4.79 Å². The van der Waals surface area contributed by atoms with Gasteiger partial charge in [-0.2, -0.15) is 0 Å². The molecule has 2 fully saturated rings. The van der Waals surface area contributed by atoms with Crippen LogP contribution in [0.5, 0.6) is 0 Å². The van der Waals surface area contributed by atoms with Crippen LogP contribution in [-0.4, -0.2) is 31.9 Å². The maximum Gasteiger partial charge on any atom is 0.243 e. The molecule has 0 bridgehead atoms. The van der Waals surface area contributed by atoms with E-state index in [4.69, 9.17) is 4.98 Å². The molecule has 0 N–H and O–H groups in total. The van der Waals surface area contributed by atoms with E-state index in [-0.39, 0.29) is 11.9 Å². The second kappa shape index (κ2) is 6.50. The quantitative estimate of drug-likeness (QED) is 0.698. The second-order valence-electron chi connectivity index (χ2n) is 7.29. The molecule has 1 unspecified atom stereocenters. The van der Waals surface area contributed by atoms with E-state index in [1.165, 1.54) is 12.8 Å². The van der Waals surface area contributed by atoms with Crippen molar-refractivity contribution >= 4 is 28.3 Å². The molecule has 2 aromatic heterocycles. The average molecular weight is 366 g/mol. The Balaban J connectivity index is 1.46. The Bertz CT molecular complexity index is 929. The highest BCUT2D eigenvalue weighted by Gasteiger charge is 2.33. The molecule has 3 aromatic rings. The Morgan fingerprint density at radius 2 is 2.08 bits per heavy atom. The first-order chi connectivity index (χ1) is 12.8. The standard InChI is InChI=1S/C20H22N4OS/c25-18(23-11-4-3-7-17(23)20-21-10-12-26-20)13-24-16-6-2-1-5-15(16)22-19(24)14-8-9-14/h1-2,5-6,10,12,14,17H,3-4,7-9,11,13H2. The van der Waals surface area contributed by atoms with Crippen molar-refractivity contribution in [1.82, 2.24) is 19.4 Å². The third-order valence-corrected chi connectivity index (χ3v) is 6.36. The lowest BCUT2D eigenvalue weighted by Gasteiger charge is -2.34. The fourth-order valence-corrected chi connectivity index (χ4v) is 4.81. The number of amides is 1. The van der Waals surface area contributed by atoms with Crippen molar-refractivity contribution in [2.24, 2.45) is 0 Å². The minimum Gasteiger partial charge on any atom is -0.332 e. The molecule has 6 heteroatoms. The maximum atomic E-state index is 13.3. The van der Waals surface area contributed by atoms with E-state index in [2.05, 4.69) is 15.6 Å². The van der Waals surface area contributed by atoms with Crippen molar-refractivity contribution in [3.8, 4) is 0 Å². The van der Waals surface area contributed by atoms with Crippen molar-refractivity contribution in [3.05, 3.63) is 46.7 Å². The van der Waals surface area contributed by atoms with E-state index in [1.807, 2.05) is 34.7 Å². The number of imidazole rings is 1. The van der Waals surface area contributed by atoms with Gasteiger partial charge < -0.3 is 9.47 Å². The van der Waals surface area contributed by atoms with Gasteiger partial charge >= 0.3 is 0 Å². The third kappa shape index (κ3) is 2.82. The summed E-state index contributed by atoms with van der Waals surface area (Å²) in [5, 5.41) is 3.07. The molecule has 26 heavy (non-hydrogen) atoms. The number of nitrogens with zero attached hydrogens (tertiary/aromatic N) is 4. The molecule has 1 amide bonds. The van der Waals surface area contributed by atoms with Gasteiger partial charge in [0.2, 0.25) is 5.91 Å². The molecule has 5 nitrogen and oxygen atoms in total. The van der Waals surface area contributed by atoms with Gasteiger partial charge in [0.25, 0.3) is 0 Å². The minimum atomic E-state index is 0.135. The van der Waals surface area contributed by atoms with E-state index < -0.39 is 0 Å². The number of rotatable bonds is 4. The van der Waals surface area contributed by atoms with Gasteiger partial charge in [0.1, 0.15) is 17.4 Å². The SMILES string of the molecule is O=C(Cn1c(C2CC2)nc2ccccc21)N1CCCCC1c1nccs1. The first kappa shape index (κ1) is 16.0. The lowest BCUT2D eigenvalue weighted by molar-refractivity contribution is -0.135. The molecule has 1 saturated carbocycles. The molecule has 1 atom stereocenters. The van der Waals surface area contributed by atoms with Crippen LogP contribution in [0.3, 0.4) is 0 Å². The highest BCUT2D eigenvalue weighted by atomic mass is 32.1. The van der Waals surface area contributed by atoms with Crippen LogP contribution >= 0.6 is 11.3 Å². The van der Waals surface area contributed by atoms with Crippen LogP contribution in [0.15, 0.2) is 35.8 Å². The number of thiazole rings is 1. The Kier molecular flexibility index (Phi) is 4.00. The summed E-state index contributed by atoms with van der Waals surface area (Å²) in [7, 11) is 0. The highest BCUT2D eigenvalue weighted by Crippen LogP contribution is 2.41. The van der Waals surface area contributed by atoms with Crippen LogP contribution in [0.1, 0.15) is 54.9 Å². The van der Waals surface area contributed by atoms with Gasteiger partial charge in [-0.1, -0.05) is 12.1 Å². The number of carbonyl (C=O) groups excluding carboxylic acids is 1. The Morgan fingerprint density at radius 1 is 1.19 bits per heavy atom. The largest absolute Gasteiger partial charge is 0.332 e. The van der Waals surface area contributed by atoms with Crippen molar-refractivity contribution in [3.63, 3.8) is 0 Å². The predicted octanol–water partition coefficient (Wildman–Crippen LogP) is 4.12. The fourth-order valence-electron chi connectivity index (χ4n) is 4.03. The third-order valence-electron chi connectivity index (χ3n) is 5.48. The predicted molar refractivity (Wildman–Crippen MR) is 102 cm³/mol. The Labute approximate surface area is 156 Å². The maximum absolute atomic E-state index is 13.3. The molecule has 1 aliphatic heterocycles. The normalized spacial score (nSPS) is 20.6. The smallest absolute Gasteiger partial charge is 0.243 e. The van der Waals surface area contributed by atoms with Crippen LogP contribution in [-0.2, 0) is 11.3 Å². The van der Waals surface area contributed by atoms with Crippen LogP contribution in [0.4, 0.5) is 0 Å². The summed E-state index contributed by atoms with van der Waals surface area (Å²) in [4.78, 5) is 24.6. The molecule has 1 aliphatic carbocycles. The first-order valence-corrected chi connectivity index (χ1v) is 10.3. The molecule has 1 aromatic carbocycles. The van der Waals surface area contributed by atoms with Crippen LogP contribution in [0, 0.1) is 0 Å². The Morgan fingerprint density at radius 3 is 2.88 bits per heavy atom. The van der Waals surface area contributed by atoms with Gasteiger partial charge in [-0.05, 0) is 44.2 Å². The number of piperidine rings is 1. The monoisotopic (exact) mass is 366 g/mol. The molecular formula is C20H22N4OS. The topological polar surface area (TPSA) is 51.0 Å². The van der Waals surface area contributed by atoms with Gasteiger partial charge in [0.05, 0.1) is 17.1 Å². The number of hydrogen-bond acceptors (Lipinski definition) is 4. The summed E-state index contributed by atoms with van der Waals surface area (Å²) in [6.07, 6.45) is 7.46. The van der Waals surface area contributed by atoms with Crippen LogP contribution < -0.4 is 0 Å². The molecule has 2 aliphatic rings. The van der Waals surface area contributed by atoms with Gasteiger partial charge in [0.15, 0.2) is 0 Å². The van der Waals surface area contributed by atoms with Gasteiger partial charge in [-0.3, -0.25) is 4.79 Å². The lowest BCUT2D eigenvalue weighted by atomic mass is 10.0. The molecule has 5 rings (SSSR count). The number of carbonyl (C=O) groups is 1. The van der Waals surface area contributed by atoms with Gasteiger partial charge in [0, 0.05) is 24.0 Å². The summed E-state index contributed by atoms with van der Waals surface area (Å²) in [5.74, 6) is 1.80. The zero-order valence-electron chi connectivity index (χ0n) is 14.7. The van der Waals surface area contributed by atoms with Crippen molar-refractivity contribution < 1.29 is 4.79 Å². The molecule has 0 radical (unpaired) electrons. The van der Waals surface area contributed by atoms with Crippen molar-refractivity contribution in [2.45, 2.75) is 50.6 Å². The summed E-state index contributed by atoms with van der Waals surface area (Å²) < 4.78 is 2.16. The average Bonchev–Trinajstić information content (AvgIpc) is 3.25. The van der Waals surface area contributed by atoms with Crippen molar-refractivity contribution in [2.75, 3.05) is 6.54 Å².